The van der Waals surface area contributed by atoms with Gasteiger partial charge in [0, 0.05) is 18.9 Å². The van der Waals surface area contributed by atoms with Crippen LogP contribution in [0, 0.1) is 12.3 Å². The van der Waals surface area contributed by atoms with Crippen LogP contribution in [0.1, 0.15) is 26.3 Å². The quantitative estimate of drug-likeness (QED) is 0.700. The van der Waals surface area contributed by atoms with Gasteiger partial charge in [-0.05, 0) is 19.4 Å². The van der Waals surface area contributed by atoms with Gasteiger partial charge >= 0.3 is 0 Å². The van der Waals surface area contributed by atoms with Crippen LogP contribution in [0.25, 0.3) is 0 Å². The van der Waals surface area contributed by atoms with E-state index in [-0.39, 0.29) is 11.9 Å². The standard InChI is InChI=1S/C12H17N3O/c1-4-8-14(9-5-2)12(16)11(3)15-10-6-7-13-15/h1,6-7,10-11H,5,8-9H2,2-3H3. The summed E-state index contributed by atoms with van der Waals surface area (Å²) in [6.07, 6.45) is 9.59. The van der Waals surface area contributed by atoms with Gasteiger partial charge in [-0.25, -0.2) is 0 Å². The van der Waals surface area contributed by atoms with Crippen LogP contribution < -0.4 is 0 Å². The third kappa shape index (κ3) is 2.86. The second-order valence-electron chi connectivity index (χ2n) is 3.63. The minimum absolute atomic E-state index is 0.0171. The highest BCUT2D eigenvalue weighted by Gasteiger charge is 2.20. The Morgan fingerprint density at radius 2 is 2.44 bits per heavy atom. The molecule has 0 aliphatic carbocycles. The summed E-state index contributed by atoms with van der Waals surface area (Å²) in [6.45, 7) is 4.90. The summed E-state index contributed by atoms with van der Waals surface area (Å²) in [5.74, 6) is 2.53. The van der Waals surface area contributed by atoms with Crippen LogP contribution >= 0.6 is 0 Å². The van der Waals surface area contributed by atoms with Crippen LogP contribution in [-0.4, -0.2) is 33.7 Å². The van der Waals surface area contributed by atoms with E-state index in [1.54, 1.807) is 28.0 Å². The predicted molar refractivity (Wildman–Crippen MR) is 62.6 cm³/mol. The average molecular weight is 219 g/mol. The molecule has 1 heterocycles. The highest BCUT2D eigenvalue weighted by atomic mass is 16.2. The van der Waals surface area contributed by atoms with Crippen molar-refractivity contribution in [1.82, 2.24) is 14.7 Å². The molecule has 1 rings (SSSR count). The number of rotatable bonds is 5. The Hall–Kier alpha value is -1.76. The molecule has 1 unspecified atom stereocenters. The van der Waals surface area contributed by atoms with E-state index < -0.39 is 0 Å². The number of hydrogen-bond donors (Lipinski definition) is 0. The lowest BCUT2D eigenvalue weighted by Crippen LogP contribution is -2.37. The summed E-state index contributed by atoms with van der Waals surface area (Å²) in [5, 5.41) is 4.06. The fourth-order valence-corrected chi connectivity index (χ4v) is 1.53. The third-order valence-corrected chi connectivity index (χ3v) is 2.37. The molecule has 4 heteroatoms. The number of terminal acetylenes is 1. The van der Waals surface area contributed by atoms with Gasteiger partial charge in [-0.1, -0.05) is 12.8 Å². The third-order valence-electron chi connectivity index (χ3n) is 2.37. The molecule has 0 saturated carbocycles. The van der Waals surface area contributed by atoms with Gasteiger partial charge in [-0.2, -0.15) is 5.10 Å². The van der Waals surface area contributed by atoms with Crippen molar-refractivity contribution in [3.8, 4) is 12.3 Å². The van der Waals surface area contributed by atoms with Crippen LogP contribution in [0.3, 0.4) is 0 Å². The molecule has 0 bridgehead atoms. The second kappa shape index (κ2) is 5.96. The topological polar surface area (TPSA) is 38.1 Å². The SMILES string of the molecule is C#CCN(CCC)C(=O)C(C)n1cccn1. The lowest BCUT2D eigenvalue weighted by Gasteiger charge is -2.23. The maximum absolute atomic E-state index is 12.1. The monoisotopic (exact) mass is 219 g/mol. The minimum Gasteiger partial charge on any atom is -0.330 e. The molecule has 16 heavy (non-hydrogen) atoms. The Morgan fingerprint density at radius 1 is 1.69 bits per heavy atom. The van der Waals surface area contributed by atoms with Crippen molar-refractivity contribution in [2.45, 2.75) is 26.3 Å². The molecule has 86 valence electrons. The summed E-state index contributed by atoms with van der Waals surface area (Å²) in [5.41, 5.74) is 0. The first-order valence-corrected chi connectivity index (χ1v) is 5.42. The van der Waals surface area contributed by atoms with Gasteiger partial charge in [-0.3, -0.25) is 9.48 Å². The average Bonchev–Trinajstić information content (AvgIpc) is 2.80. The molecule has 1 aromatic heterocycles. The first-order valence-electron chi connectivity index (χ1n) is 5.42. The van der Waals surface area contributed by atoms with Gasteiger partial charge in [0.05, 0.1) is 6.54 Å². The second-order valence-corrected chi connectivity index (χ2v) is 3.63. The highest BCUT2D eigenvalue weighted by molar-refractivity contribution is 5.80. The molecule has 0 saturated heterocycles. The van der Waals surface area contributed by atoms with Gasteiger partial charge in [-0.15, -0.1) is 6.42 Å². The van der Waals surface area contributed by atoms with E-state index in [1.807, 2.05) is 13.8 Å². The predicted octanol–water partition coefficient (Wildman–Crippen LogP) is 1.32. The van der Waals surface area contributed by atoms with Gasteiger partial charge < -0.3 is 4.90 Å². The highest BCUT2D eigenvalue weighted by Crippen LogP contribution is 2.08. The molecule has 0 N–H and O–H groups in total. The Bertz CT molecular complexity index is 364. The van der Waals surface area contributed by atoms with Crippen molar-refractivity contribution >= 4 is 5.91 Å². The molecule has 0 aliphatic heterocycles. The van der Waals surface area contributed by atoms with Gasteiger partial charge in [0.1, 0.15) is 6.04 Å². The van der Waals surface area contributed by atoms with Crippen molar-refractivity contribution in [2.24, 2.45) is 0 Å². The van der Waals surface area contributed by atoms with Crippen molar-refractivity contribution < 1.29 is 4.79 Å². The number of hydrogen-bond acceptors (Lipinski definition) is 2. The van der Waals surface area contributed by atoms with Crippen LogP contribution in [0.5, 0.6) is 0 Å². The maximum atomic E-state index is 12.1. The molecule has 0 fully saturated rings. The summed E-state index contributed by atoms with van der Waals surface area (Å²) >= 11 is 0. The lowest BCUT2D eigenvalue weighted by atomic mass is 10.2. The lowest BCUT2D eigenvalue weighted by molar-refractivity contribution is -0.134. The van der Waals surface area contributed by atoms with Gasteiger partial charge in [0.25, 0.3) is 0 Å². The molecule has 0 spiro atoms. The Labute approximate surface area is 96.2 Å². The van der Waals surface area contributed by atoms with E-state index in [9.17, 15) is 4.79 Å². The Morgan fingerprint density at radius 3 is 2.94 bits per heavy atom. The Kier molecular flexibility index (Phi) is 4.59. The zero-order valence-electron chi connectivity index (χ0n) is 9.76. The number of amides is 1. The molecule has 0 radical (unpaired) electrons. The van der Waals surface area contributed by atoms with E-state index in [0.29, 0.717) is 13.1 Å². The molecule has 0 aliphatic rings. The minimum atomic E-state index is -0.296. The maximum Gasteiger partial charge on any atom is 0.247 e. The van der Waals surface area contributed by atoms with E-state index in [1.165, 1.54) is 0 Å². The van der Waals surface area contributed by atoms with Crippen molar-refractivity contribution in [3.63, 3.8) is 0 Å². The van der Waals surface area contributed by atoms with E-state index in [2.05, 4.69) is 11.0 Å². The largest absolute Gasteiger partial charge is 0.330 e. The molecule has 1 amide bonds. The zero-order chi connectivity index (χ0) is 12.0. The summed E-state index contributed by atoms with van der Waals surface area (Å²) in [6, 6.07) is 1.50. The molecular weight excluding hydrogens is 202 g/mol. The van der Waals surface area contributed by atoms with Crippen molar-refractivity contribution in [3.05, 3.63) is 18.5 Å². The summed E-state index contributed by atoms with van der Waals surface area (Å²) in [7, 11) is 0. The van der Waals surface area contributed by atoms with Crippen molar-refractivity contribution in [1.29, 1.82) is 0 Å². The molecule has 0 aromatic carbocycles. The number of carbonyl (C=O) groups is 1. The fraction of sp³-hybridized carbons (Fsp3) is 0.500. The zero-order valence-corrected chi connectivity index (χ0v) is 9.76. The van der Waals surface area contributed by atoms with Gasteiger partial charge in [0.2, 0.25) is 5.91 Å². The fourth-order valence-electron chi connectivity index (χ4n) is 1.53. The number of carbonyl (C=O) groups excluding carboxylic acids is 1. The van der Waals surface area contributed by atoms with Gasteiger partial charge in [0.15, 0.2) is 0 Å². The molecular formula is C12H17N3O. The number of nitrogens with zero attached hydrogens (tertiary/aromatic N) is 3. The van der Waals surface area contributed by atoms with Crippen LogP contribution in [-0.2, 0) is 4.79 Å². The van der Waals surface area contributed by atoms with Crippen LogP contribution in [0.4, 0.5) is 0 Å². The van der Waals surface area contributed by atoms with Crippen LogP contribution in [0.15, 0.2) is 18.5 Å². The summed E-state index contributed by atoms with van der Waals surface area (Å²) in [4.78, 5) is 13.8. The summed E-state index contributed by atoms with van der Waals surface area (Å²) < 4.78 is 1.64. The smallest absolute Gasteiger partial charge is 0.247 e. The molecule has 1 atom stereocenters. The van der Waals surface area contributed by atoms with Crippen LogP contribution in [0.2, 0.25) is 0 Å². The van der Waals surface area contributed by atoms with Crippen molar-refractivity contribution in [2.75, 3.05) is 13.1 Å². The van der Waals surface area contributed by atoms with E-state index >= 15 is 0 Å². The number of aromatic nitrogens is 2. The Balaban J connectivity index is 2.71. The van der Waals surface area contributed by atoms with E-state index in [4.69, 9.17) is 6.42 Å². The molecule has 1 aromatic rings. The van der Waals surface area contributed by atoms with E-state index in [0.717, 1.165) is 6.42 Å². The first-order chi connectivity index (χ1) is 7.70. The first kappa shape index (κ1) is 12.3. The molecule has 4 nitrogen and oxygen atoms in total. The normalized spacial score (nSPS) is 11.8.